The predicted molar refractivity (Wildman–Crippen MR) is 93.6 cm³/mol. The Bertz CT molecular complexity index is 715. The van der Waals surface area contributed by atoms with Crippen molar-refractivity contribution >= 4 is 28.9 Å². The zero-order valence-corrected chi connectivity index (χ0v) is 13.8. The maximum Gasteiger partial charge on any atom is 0.274 e. The predicted octanol–water partition coefficient (Wildman–Crippen LogP) is 3.90. The number of hydrogen-bond acceptors (Lipinski definition) is 4. The number of halogens is 1. The maximum atomic E-state index is 12.3. The van der Waals surface area contributed by atoms with Crippen molar-refractivity contribution in [1.29, 1.82) is 0 Å². The molecule has 1 amide bonds. The highest BCUT2D eigenvalue weighted by Crippen LogP contribution is 2.31. The Kier molecular flexibility index (Phi) is 5.60. The molecule has 0 aliphatic heterocycles. The SMILES string of the molecule is C=CCNc1ccc(C(=O)Nc2cc(C)c(Cl)cc2OC)nc1. The normalized spacial score (nSPS) is 10.0. The van der Waals surface area contributed by atoms with Crippen molar-refractivity contribution in [2.24, 2.45) is 0 Å². The van der Waals surface area contributed by atoms with E-state index in [0.717, 1.165) is 11.3 Å². The lowest BCUT2D eigenvalue weighted by atomic mass is 10.2. The molecule has 2 N–H and O–H groups in total. The van der Waals surface area contributed by atoms with Crippen LogP contribution in [-0.4, -0.2) is 24.5 Å². The summed E-state index contributed by atoms with van der Waals surface area (Å²) in [4.78, 5) is 16.5. The highest BCUT2D eigenvalue weighted by molar-refractivity contribution is 6.31. The van der Waals surface area contributed by atoms with E-state index in [1.165, 1.54) is 7.11 Å². The third-order valence-electron chi connectivity index (χ3n) is 3.18. The second-order valence-corrected chi connectivity index (χ2v) is 5.26. The third kappa shape index (κ3) is 4.23. The van der Waals surface area contributed by atoms with Crippen molar-refractivity contribution < 1.29 is 9.53 Å². The average molecular weight is 332 g/mol. The molecule has 1 heterocycles. The van der Waals surface area contributed by atoms with E-state index in [1.807, 2.05) is 6.92 Å². The van der Waals surface area contributed by atoms with E-state index < -0.39 is 0 Å². The van der Waals surface area contributed by atoms with E-state index in [1.54, 1.807) is 36.5 Å². The summed E-state index contributed by atoms with van der Waals surface area (Å²) < 4.78 is 5.24. The molecule has 6 heteroatoms. The summed E-state index contributed by atoms with van der Waals surface area (Å²) in [7, 11) is 1.52. The lowest BCUT2D eigenvalue weighted by Gasteiger charge is -2.12. The topological polar surface area (TPSA) is 63.2 Å². The molecule has 0 spiro atoms. The van der Waals surface area contributed by atoms with Crippen molar-refractivity contribution in [2.75, 3.05) is 24.3 Å². The Morgan fingerprint density at radius 2 is 2.22 bits per heavy atom. The van der Waals surface area contributed by atoms with E-state index in [0.29, 0.717) is 28.7 Å². The summed E-state index contributed by atoms with van der Waals surface area (Å²) in [5.41, 5.74) is 2.53. The first kappa shape index (κ1) is 16.8. The van der Waals surface area contributed by atoms with Crippen LogP contribution < -0.4 is 15.4 Å². The average Bonchev–Trinajstić information content (AvgIpc) is 2.56. The van der Waals surface area contributed by atoms with Crippen LogP contribution >= 0.6 is 11.6 Å². The fourth-order valence-corrected chi connectivity index (χ4v) is 2.09. The quantitative estimate of drug-likeness (QED) is 0.788. The molecule has 0 fully saturated rings. The Labute approximate surface area is 140 Å². The minimum atomic E-state index is -0.319. The van der Waals surface area contributed by atoms with Crippen molar-refractivity contribution in [3.63, 3.8) is 0 Å². The van der Waals surface area contributed by atoms with Crippen LogP contribution in [-0.2, 0) is 0 Å². The van der Waals surface area contributed by atoms with E-state index in [4.69, 9.17) is 16.3 Å². The van der Waals surface area contributed by atoms with Gasteiger partial charge in [-0.2, -0.15) is 0 Å². The Morgan fingerprint density at radius 3 is 2.83 bits per heavy atom. The van der Waals surface area contributed by atoms with Crippen LogP contribution in [0.5, 0.6) is 5.75 Å². The highest BCUT2D eigenvalue weighted by atomic mass is 35.5. The van der Waals surface area contributed by atoms with E-state index in [2.05, 4.69) is 22.2 Å². The zero-order chi connectivity index (χ0) is 16.8. The van der Waals surface area contributed by atoms with E-state index in [-0.39, 0.29) is 5.91 Å². The van der Waals surface area contributed by atoms with Crippen molar-refractivity contribution in [3.8, 4) is 5.75 Å². The number of nitrogens with one attached hydrogen (secondary N) is 2. The van der Waals surface area contributed by atoms with Gasteiger partial charge >= 0.3 is 0 Å². The molecule has 5 nitrogen and oxygen atoms in total. The number of benzene rings is 1. The van der Waals surface area contributed by atoms with Crippen LogP contribution in [0.15, 0.2) is 43.1 Å². The van der Waals surface area contributed by atoms with Gasteiger partial charge in [-0.3, -0.25) is 4.79 Å². The number of amides is 1. The Hall–Kier alpha value is -2.53. The molecule has 2 rings (SSSR count). The van der Waals surface area contributed by atoms with E-state index in [9.17, 15) is 4.79 Å². The number of ether oxygens (including phenoxy) is 1. The van der Waals surface area contributed by atoms with Gasteiger partial charge in [0.1, 0.15) is 11.4 Å². The summed E-state index contributed by atoms with van der Waals surface area (Å²) in [6.07, 6.45) is 3.35. The van der Waals surface area contributed by atoms with Gasteiger partial charge in [0, 0.05) is 17.6 Å². The first-order valence-electron chi connectivity index (χ1n) is 7.01. The molecule has 0 saturated carbocycles. The Morgan fingerprint density at radius 1 is 1.43 bits per heavy atom. The number of carbonyl (C=O) groups is 1. The lowest BCUT2D eigenvalue weighted by Crippen LogP contribution is -2.14. The monoisotopic (exact) mass is 331 g/mol. The molecule has 0 aliphatic carbocycles. The van der Waals surface area contributed by atoms with Crippen LogP contribution in [0.1, 0.15) is 16.1 Å². The molecule has 0 saturated heterocycles. The van der Waals surface area contributed by atoms with Crippen molar-refractivity contribution in [3.05, 3.63) is 59.4 Å². The Balaban J connectivity index is 2.15. The van der Waals surface area contributed by atoms with Gasteiger partial charge in [0.2, 0.25) is 0 Å². The van der Waals surface area contributed by atoms with Gasteiger partial charge in [-0.05, 0) is 30.7 Å². The summed E-state index contributed by atoms with van der Waals surface area (Å²) in [5.74, 6) is 0.179. The van der Waals surface area contributed by atoms with Gasteiger partial charge in [-0.15, -0.1) is 6.58 Å². The summed E-state index contributed by atoms with van der Waals surface area (Å²) >= 11 is 6.06. The van der Waals surface area contributed by atoms with Crippen LogP contribution in [0.3, 0.4) is 0 Å². The fourth-order valence-electron chi connectivity index (χ4n) is 1.94. The largest absolute Gasteiger partial charge is 0.495 e. The first-order valence-corrected chi connectivity index (χ1v) is 7.39. The summed E-state index contributed by atoms with van der Waals surface area (Å²) in [6.45, 7) is 6.12. The minimum Gasteiger partial charge on any atom is -0.495 e. The number of aromatic nitrogens is 1. The molecule has 0 bridgehead atoms. The van der Waals surface area contributed by atoms with Gasteiger partial charge in [0.25, 0.3) is 5.91 Å². The highest BCUT2D eigenvalue weighted by Gasteiger charge is 2.12. The molecule has 1 aromatic carbocycles. The number of anilines is 2. The van der Waals surface area contributed by atoms with Crippen LogP contribution in [0.2, 0.25) is 5.02 Å². The number of rotatable bonds is 6. The van der Waals surface area contributed by atoms with Crippen molar-refractivity contribution in [1.82, 2.24) is 4.98 Å². The summed E-state index contributed by atoms with van der Waals surface area (Å²) in [5, 5.41) is 6.46. The molecule has 0 atom stereocenters. The third-order valence-corrected chi connectivity index (χ3v) is 3.58. The number of carbonyl (C=O) groups excluding carboxylic acids is 1. The van der Waals surface area contributed by atoms with Crippen LogP contribution in [0, 0.1) is 6.92 Å². The molecule has 0 unspecified atom stereocenters. The first-order chi connectivity index (χ1) is 11.0. The van der Waals surface area contributed by atoms with Crippen molar-refractivity contribution in [2.45, 2.75) is 6.92 Å². The molecular weight excluding hydrogens is 314 g/mol. The lowest BCUT2D eigenvalue weighted by molar-refractivity contribution is 0.102. The maximum absolute atomic E-state index is 12.3. The fraction of sp³-hybridized carbons (Fsp3) is 0.176. The molecular formula is C17H18ClN3O2. The molecule has 1 aromatic heterocycles. The number of aryl methyl sites for hydroxylation is 1. The molecule has 23 heavy (non-hydrogen) atoms. The molecule has 0 aliphatic rings. The number of methoxy groups -OCH3 is 1. The molecule has 2 aromatic rings. The number of hydrogen-bond donors (Lipinski definition) is 2. The van der Waals surface area contributed by atoms with Crippen LogP contribution in [0.25, 0.3) is 0 Å². The van der Waals surface area contributed by atoms with E-state index >= 15 is 0 Å². The summed E-state index contributed by atoms with van der Waals surface area (Å²) in [6, 6.07) is 6.87. The standard InChI is InChI=1S/C17H18ClN3O2/c1-4-7-19-12-5-6-14(20-10-12)17(22)21-15-8-11(2)13(18)9-16(15)23-3/h4-6,8-10,19H,1,7H2,2-3H3,(H,21,22). The van der Waals surface area contributed by atoms with Gasteiger partial charge < -0.3 is 15.4 Å². The smallest absolute Gasteiger partial charge is 0.274 e. The van der Waals surface area contributed by atoms with Gasteiger partial charge in [0.05, 0.1) is 24.7 Å². The van der Waals surface area contributed by atoms with Gasteiger partial charge in [-0.1, -0.05) is 17.7 Å². The van der Waals surface area contributed by atoms with Crippen LogP contribution in [0.4, 0.5) is 11.4 Å². The van der Waals surface area contributed by atoms with Gasteiger partial charge in [-0.25, -0.2) is 4.98 Å². The zero-order valence-electron chi connectivity index (χ0n) is 13.0. The second kappa shape index (κ2) is 7.65. The second-order valence-electron chi connectivity index (χ2n) is 4.86. The molecule has 120 valence electrons. The number of pyridine rings is 1. The number of nitrogens with zero attached hydrogens (tertiary/aromatic N) is 1. The molecule has 0 radical (unpaired) electrons. The minimum absolute atomic E-state index is 0.309. The van der Waals surface area contributed by atoms with Gasteiger partial charge in [0.15, 0.2) is 0 Å².